The summed E-state index contributed by atoms with van der Waals surface area (Å²) >= 11 is 7.47. The number of carboxylic acid groups (broad SMARTS) is 1. The fourth-order valence-corrected chi connectivity index (χ4v) is 2.97. The Balaban J connectivity index is 2.73. The van der Waals surface area contributed by atoms with E-state index in [0.717, 1.165) is 4.34 Å². The van der Waals surface area contributed by atoms with Gasteiger partial charge in [0, 0.05) is 23.5 Å². The number of hydrogen-bond acceptors (Lipinski definition) is 3. The van der Waals surface area contributed by atoms with E-state index in [1.54, 1.807) is 11.3 Å². The summed E-state index contributed by atoms with van der Waals surface area (Å²) in [6.45, 7) is 6.80. The molecule has 0 spiro atoms. The van der Waals surface area contributed by atoms with Crippen LogP contribution in [0, 0.1) is 0 Å². The second kappa shape index (κ2) is 6.38. The zero-order chi connectivity index (χ0) is 13.0. The molecular weight excluding hydrogens is 258 g/mol. The maximum Gasteiger partial charge on any atom is 0.304 e. The van der Waals surface area contributed by atoms with Crippen LogP contribution in [0.2, 0.25) is 4.34 Å². The van der Waals surface area contributed by atoms with Crippen molar-refractivity contribution < 1.29 is 9.90 Å². The molecule has 1 atom stereocenters. The van der Waals surface area contributed by atoms with Crippen LogP contribution >= 0.6 is 22.9 Å². The molecule has 0 saturated carbocycles. The summed E-state index contributed by atoms with van der Waals surface area (Å²) in [6, 6.07) is 4.40. The lowest BCUT2D eigenvalue weighted by atomic mass is 10.1. The monoisotopic (exact) mass is 275 g/mol. The Morgan fingerprint density at radius 1 is 1.47 bits per heavy atom. The third-order valence-electron chi connectivity index (χ3n) is 2.75. The summed E-state index contributed by atoms with van der Waals surface area (Å²) in [5.41, 5.74) is 0. The molecule has 0 amide bonds. The molecule has 1 rings (SSSR count). The number of aliphatic carboxylic acids is 1. The molecule has 5 heteroatoms. The Kier molecular flexibility index (Phi) is 5.43. The number of carbonyl (C=O) groups is 1. The second-order valence-electron chi connectivity index (χ2n) is 4.29. The first kappa shape index (κ1) is 14.5. The zero-order valence-electron chi connectivity index (χ0n) is 10.3. The second-order valence-corrected chi connectivity index (χ2v) is 6.04. The number of hydrogen-bond donors (Lipinski definition) is 1. The van der Waals surface area contributed by atoms with Gasteiger partial charge in [-0.15, -0.1) is 11.3 Å². The van der Waals surface area contributed by atoms with Crippen LogP contribution in [0.25, 0.3) is 0 Å². The van der Waals surface area contributed by atoms with Gasteiger partial charge in [0.05, 0.1) is 10.8 Å². The minimum Gasteiger partial charge on any atom is -0.481 e. The highest BCUT2D eigenvalue weighted by Gasteiger charge is 2.20. The van der Waals surface area contributed by atoms with E-state index in [4.69, 9.17) is 16.7 Å². The molecule has 1 aromatic rings. The molecule has 17 heavy (non-hydrogen) atoms. The van der Waals surface area contributed by atoms with E-state index in [9.17, 15) is 4.79 Å². The van der Waals surface area contributed by atoms with Crippen molar-refractivity contribution in [2.45, 2.75) is 39.3 Å². The molecule has 0 radical (unpaired) electrons. The molecule has 0 saturated heterocycles. The molecule has 0 bridgehead atoms. The van der Waals surface area contributed by atoms with Crippen molar-refractivity contribution in [3.8, 4) is 0 Å². The predicted molar refractivity (Wildman–Crippen MR) is 71.8 cm³/mol. The molecule has 0 aliphatic rings. The average Bonchev–Trinajstić information content (AvgIpc) is 2.63. The van der Waals surface area contributed by atoms with Gasteiger partial charge in [0.2, 0.25) is 0 Å². The van der Waals surface area contributed by atoms with E-state index < -0.39 is 5.97 Å². The van der Waals surface area contributed by atoms with Crippen LogP contribution in [0.3, 0.4) is 0 Å². The number of nitrogens with zero attached hydrogens (tertiary/aromatic N) is 1. The van der Waals surface area contributed by atoms with Gasteiger partial charge in [-0.1, -0.05) is 11.6 Å². The van der Waals surface area contributed by atoms with Crippen LogP contribution < -0.4 is 0 Å². The Morgan fingerprint density at radius 2 is 2.12 bits per heavy atom. The molecule has 1 heterocycles. The number of thiophene rings is 1. The number of carboxylic acids is 1. The van der Waals surface area contributed by atoms with Gasteiger partial charge < -0.3 is 5.11 Å². The van der Waals surface area contributed by atoms with Crippen LogP contribution in [0.5, 0.6) is 0 Å². The normalized spacial score (nSPS) is 13.3. The highest BCUT2D eigenvalue weighted by molar-refractivity contribution is 7.16. The van der Waals surface area contributed by atoms with Crippen LogP contribution in [-0.2, 0) is 4.79 Å². The van der Waals surface area contributed by atoms with Crippen molar-refractivity contribution in [2.75, 3.05) is 6.54 Å². The van der Waals surface area contributed by atoms with Crippen LogP contribution in [0.4, 0.5) is 0 Å². The number of halogens is 1. The lowest BCUT2D eigenvalue weighted by Crippen LogP contribution is -2.35. The Morgan fingerprint density at radius 3 is 2.53 bits per heavy atom. The smallest absolute Gasteiger partial charge is 0.304 e. The summed E-state index contributed by atoms with van der Waals surface area (Å²) < 4.78 is 0.772. The van der Waals surface area contributed by atoms with Gasteiger partial charge in [-0.2, -0.15) is 0 Å². The molecule has 1 unspecified atom stereocenters. The average molecular weight is 276 g/mol. The van der Waals surface area contributed by atoms with Crippen LogP contribution in [-0.4, -0.2) is 28.6 Å². The minimum atomic E-state index is -0.757. The molecule has 0 aliphatic carbocycles. The minimum absolute atomic E-state index is 0.168. The standard InChI is InChI=1S/C12H18ClNO2S/c1-8(2)14(7-6-12(15)16)9(3)10-4-5-11(13)17-10/h4-5,8-9H,6-7H2,1-3H3,(H,15,16). The topological polar surface area (TPSA) is 40.5 Å². The van der Waals surface area contributed by atoms with Crippen molar-refractivity contribution in [1.29, 1.82) is 0 Å². The fraction of sp³-hybridized carbons (Fsp3) is 0.583. The summed E-state index contributed by atoms with van der Waals surface area (Å²) in [5, 5.41) is 8.76. The molecule has 3 nitrogen and oxygen atoms in total. The van der Waals surface area contributed by atoms with Crippen molar-refractivity contribution in [3.63, 3.8) is 0 Å². The van der Waals surface area contributed by atoms with Gasteiger partial charge in [-0.25, -0.2) is 0 Å². The first-order valence-corrected chi connectivity index (χ1v) is 6.84. The van der Waals surface area contributed by atoms with Crippen molar-refractivity contribution in [1.82, 2.24) is 4.90 Å². The first-order chi connectivity index (χ1) is 7.91. The van der Waals surface area contributed by atoms with Crippen LogP contribution in [0.1, 0.15) is 38.1 Å². The molecule has 0 fully saturated rings. The molecular formula is C12H18ClNO2S. The van der Waals surface area contributed by atoms with Crippen molar-refractivity contribution in [2.24, 2.45) is 0 Å². The third kappa shape index (κ3) is 4.30. The fourth-order valence-electron chi connectivity index (χ4n) is 1.84. The lowest BCUT2D eigenvalue weighted by Gasteiger charge is -2.31. The van der Waals surface area contributed by atoms with Gasteiger partial charge in [0.15, 0.2) is 0 Å². The van der Waals surface area contributed by atoms with Gasteiger partial charge in [0.1, 0.15) is 0 Å². The summed E-state index contributed by atoms with van der Waals surface area (Å²) in [6.07, 6.45) is 0.168. The Hall–Kier alpha value is -0.580. The summed E-state index contributed by atoms with van der Waals surface area (Å²) in [4.78, 5) is 14.0. The van der Waals surface area contributed by atoms with E-state index in [1.807, 2.05) is 12.1 Å². The van der Waals surface area contributed by atoms with Gasteiger partial charge in [-0.05, 0) is 32.9 Å². The van der Waals surface area contributed by atoms with E-state index in [1.165, 1.54) is 4.88 Å². The maximum atomic E-state index is 10.6. The summed E-state index contributed by atoms with van der Waals surface area (Å²) in [5.74, 6) is -0.757. The van der Waals surface area contributed by atoms with Gasteiger partial charge >= 0.3 is 5.97 Å². The van der Waals surface area contributed by atoms with E-state index in [2.05, 4.69) is 25.7 Å². The SMILES string of the molecule is CC(C)N(CCC(=O)O)C(C)c1ccc(Cl)s1. The number of rotatable bonds is 6. The summed E-state index contributed by atoms with van der Waals surface area (Å²) in [7, 11) is 0. The van der Waals surface area contributed by atoms with Gasteiger partial charge in [0.25, 0.3) is 0 Å². The van der Waals surface area contributed by atoms with Crippen molar-refractivity contribution in [3.05, 3.63) is 21.3 Å². The van der Waals surface area contributed by atoms with E-state index in [-0.39, 0.29) is 12.5 Å². The van der Waals surface area contributed by atoms with Crippen LogP contribution in [0.15, 0.2) is 12.1 Å². The first-order valence-electron chi connectivity index (χ1n) is 5.64. The highest BCUT2D eigenvalue weighted by Crippen LogP contribution is 2.31. The lowest BCUT2D eigenvalue weighted by molar-refractivity contribution is -0.137. The predicted octanol–water partition coefficient (Wildman–Crippen LogP) is 3.65. The third-order valence-corrected chi connectivity index (χ3v) is 4.15. The quantitative estimate of drug-likeness (QED) is 0.862. The molecule has 0 aliphatic heterocycles. The maximum absolute atomic E-state index is 10.6. The molecule has 1 N–H and O–H groups in total. The Labute approximate surface area is 111 Å². The molecule has 96 valence electrons. The van der Waals surface area contributed by atoms with E-state index >= 15 is 0 Å². The highest BCUT2D eigenvalue weighted by atomic mass is 35.5. The van der Waals surface area contributed by atoms with Crippen molar-refractivity contribution >= 4 is 28.9 Å². The Bertz CT molecular complexity index is 378. The molecule has 0 aromatic carbocycles. The van der Waals surface area contributed by atoms with E-state index in [0.29, 0.717) is 12.6 Å². The zero-order valence-corrected chi connectivity index (χ0v) is 11.9. The molecule has 1 aromatic heterocycles. The van der Waals surface area contributed by atoms with Gasteiger partial charge in [-0.3, -0.25) is 9.69 Å². The largest absolute Gasteiger partial charge is 0.481 e.